The second-order valence-corrected chi connectivity index (χ2v) is 7.60. The summed E-state index contributed by atoms with van der Waals surface area (Å²) in [6.45, 7) is 5.25. The molecule has 1 unspecified atom stereocenters. The Hall–Kier alpha value is -2.20. The van der Waals surface area contributed by atoms with Crippen molar-refractivity contribution in [3.05, 3.63) is 65.2 Å². The van der Waals surface area contributed by atoms with Crippen LogP contribution in [0.2, 0.25) is 0 Å². The first-order valence-corrected chi connectivity index (χ1v) is 9.48. The summed E-state index contributed by atoms with van der Waals surface area (Å²) in [5.41, 5.74) is 4.83. The molecule has 4 rings (SSSR count). The predicted octanol–water partition coefficient (Wildman–Crippen LogP) is 4.48. The fraction of sp³-hybridized carbons (Fsp3) is 0.409. The van der Waals surface area contributed by atoms with E-state index in [4.69, 9.17) is 4.98 Å². The molecule has 1 aromatic heterocycles. The topological polar surface area (TPSA) is 21.1 Å². The van der Waals surface area contributed by atoms with E-state index in [-0.39, 0.29) is 5.82 Å². The Morgan fingerprint density at radius 3 is 2.73 bits per heavy atom. The van der Waals surface area contributed by atoms with Crippen LogP contribution < -0.4 is 0 Å². The van der Waals surface area contributed by atoms with Gasteiger partial charge in [-0.15, -0.1) is 0 Å². The van der Waals surface area contributed by atoms with Gasteiger partial charge in [-0.25, -0.2) is 9.37 Å². The molecule has 3 nitrogen and oxygen atoms in total. The minimum Gasteiger partial charge on any atom is -0.330 e. The van der Waals surface area contributed by atoms with Crippen LogP contribution in [0.1, 0.15) is 29.8 Å². The van der Waals surface area contributed by atoms with Gasteiger partial charge in [0.2, 0.25) is 0 Å². The molecule has 1 fully saturated rings. The van der Waals surface area contributed by atoms with E-state index in [1.807, 2.05) is 12.1 Å². The van der Waals surface area contributed by atoms with E-state index in [2.05, 4.69) is 41.6 Å². The van der Waals surface area contributed by atoms with E-state index in [9.17, 15) is 4.39 Å². The number of rotatable bonds is 4. The standard InChI is InChI=1S/C22H26FN3/c1-16-5-3-7-20-22(16)25(2)21(24-20)15-26-12-4-6-18(14-26)13-17-8-10-19(23)11-9-17/h3,5,7-11,18H,4,6,12-15H2,1-2H3. The molecule has 136 valence electrons. The van der Waals surface area contributed by atoms with Crippen molar-refractivity contribution < 1.29 is 4.39 Å². The second-order valence-electron chi connectivity index (χ2n) is 7.60. The molecule has 2 aromatic carbocycles. The van der Waals surface area contributed by atoms with Crippen LogP contribution in [0.3, 0.4) is 0 Å². The van der Waals surface area contributed by atoms with Crippen LogP contribution in [0.5, 0.6) is 0 Å². The molecule has 0 spiro atoms. The van der Waals surface area contributed by atoms with Crippen molar-refractivity contribution in [3.63, 3.8) is 0 Å². The lowest BCUT2D eigenvalue weighted by Crippen LogP contribution is -2.36. The Morgan fingerprint density at radius 2 is 1.96 bits per heavy atom. The number of para-hydroxylation sites is 1. The number of aromatic nitrogens is 2. The molecular formula is C22H26FN3. The number of benzene rings is 2. The van der Waals surface area contributed by atoms with Crippen molar-refractivity contribution in [1.82, 2.24) is 14.5 Å². The van der Waals surface area contributed by atoms with Gasteiger partial charge in [0.1, 0.15) is 11.6 Å². The van der Waals surface area contributed by atoms with Gasteiger partial charge in [0.05, 0.1) is 17.6 Å². The van der Waals surface area contributed by atoms with Crippen LogP contribution in [-0.4, -0.2) is 27.5 Å². The van der Waals surface area contributed by atoms with E-state index < -0.39 is 0 Å². The normalized spacial score (nSPS) is 18.5. The van der Waals surface area contributed by atoms with E-state index in [1.165, 1.54) is 29.5 Å². The van der Waals surface area contributed by atoms with Crippen molar-refractivity contribution in [2.45, 2.75) is 32.7 Å². The quantitative estimate of drug-likeness (QED) is 0.691. The summed E-state index contributed by atoms with van der Waals surface area (Å²) in [7, 11) is 2.12. The zero-order valence-electron chi connectivity index (χ0n) is 15.6. The number of imidazole rings is 1. The van der Waals surface area contributed by atoms with E-state index >= 15 is 0 Å². The summed E-state index contributed by atoms with van der Waals surface area (Å²) in [6, 6.07) is 13.3. The molecule has 0 bridgehead atoms. The molecule has 26 heavy (non-hydrogen) atoms. The van der Waals surface area contributed by atoms with Crippen molar-refractivity contribution in [2.24, 2.45) is 13.0 Å². The summed E-state index contributed by atoms with van der Waals surface area (Å²) in [5, 5.41) is 0. The second kappa shape index (κ2) is 7.20. The Labute approximate surface area is 154 Å². The molecule has 4 heteroatoms. The minimum atomic E-state index is -0.156. The minimum absolute atomic E-state index is 0.156. The summed E-state index contributed by atoms with van der Waals surface area (Å²) in [5.74, 6) is 1.61. The lowest BCUT2D eigenvalue weighted by molar-refractivity contribution is 0.162. The van der Waals surface area contributed by atoms with Gasteiger partial charge in [0, 0.05) is 13.6 Å². The first kappa shape index (κ1) is 17.2. The Balaban J connectivity index is 1.46. The molecule has 0 saturated carbocycles. The van der Waals surface area contributed by atoms with Crippen LogP contribution in [0.4, 0.5) is 4.39 Å². The largest absolute Gasteiger partial charge is 0.330 e. The maximum atomic E-state index is 13.1. The Morgan fingerprint density at radius 1 is 1.15 bits per heavy atom. The van der Waals surface area contributed by atoms with Gasteiger partial charge >= 0.3 is 0 Å². The van der Waals surface area contributed by atoms with Crippen molar-refractivity contribution >= 4 is 11.0 Å². The first-order valence-electron chi connectivity index (χ1n) is 9.48. The first-order chi connectivity index (χ1) is 12.6. The lowest BCUT2D eigenvalue weighted by atomic mass is 9.91. The molecule has 2 heterocycles. The average Bonchev–Trinajstić information content (AvgIpc) is 2.94. The average molecular weight is 351 g/mol. The zero-order valence-corrected chi connectivity index (χ0v) is 15.6. The molecule has 0 amide bonds. The van der Waals surface area contributed by atoms with Gasteiger partial charge in [-0.1, -0.05) is 24.3 Å². The Bertz CT molecular complexity index is 898. The molecule has 1 aliphatic heterocycles. The number of aryl methyl sites for hydroxylation is 2. The highest BCUT2D eigenvalue weighted by Gasteiger charge is 2.22. The van der Waals surface area contributed by atoms with Crippen molar-refractivity contribution in [2.75, 3.05) is 13.1 Å². The van der Waals surface area contributed by atoms with Crippen LogP contribution in [0.15, 0.2) is 42.5 Å². The number of hydrogen-bond acceptors (Lipinski definition) is 2. The highest BCUT2D eigenvalue weighted by Crippen LogP contribution is 2.24. The number of piperidine rings is 1. The third kappa shape index (κ3) is 3.51. The van der Waals surface area contributed by atoms with Gasteiger partial charge in [-0.05, 0) is 68.0 Å². The van der Waals surface area contributed by atoms with Crippen LogP contribution in [-0.2, 0) is 20.0 Å². The zero-order chi connectivity index (χ0) is 18.1. The summed E-state index contributed by atoms with van der Waals surface area (Å²) >= 11 is 0. The number of likely N-dealkylation sites (tertiary alicyclic amines) is 1. The molecule has 0 N–H and O–H groups in total. The van der Waals surface area contributed by atoms with E-state index in [0.717, 1.165) is 37.4 Å². The third-order valence-corrected chi connectivity index (χ3v) is 5.59. The monoisotopic (exact) mass is 351 g/mol. The number of halogens is 1. The van der Waals surface area contributed by atoms with E-state index in [1.54, 1.807) is 12.1 Å². The SMILES string of the molecule is Cc1cccc2nc(CN3CCCC(Cc4ccc(F)cc4)C3)n(C)c12. The number of nitrogens with zero attached hydrogens (tertiary/aromatic N) is 3. The van der Waals surface area contributed by atoms with Gasteiger partial charge in [0.25, 0.3) is 0 Å². The van der Waals surface area contributed by atoms with E-state index in [0.29, 0.717) is 5.92 Å². The van der Waals surface area contributed by atoms with Gasteiger partial charge in [0.15, 0.2) is 0 Å². The fourth-order valence-electron chi connectivity index (χ4n) is 4.27. The maximum Gasteiger partial charge on any atom is 0.123 e. The summed E-state index contributed by atoms with van der Waals surface area (Å²) in [6.07, 6.45) is 3.49. The lowest BCUT2D eigenvalue weighted by Gasteiger charge is -2.32. The van der Waals surface area contributed by atoms with Crippen LogP contribution in [0.25, 0.3) is 11.0 Å². The molecule has 1 saturated heterocycles. The number of fused-ring (bicyclic) bond motifs is 1. The molecular weight excluding hydrogens is 325 g/mol. The predicted molar refractivity (Wildman–Crippen MR) is 104 cm³/mol. The number of hydrogen-bond donors (Lipinski definition) is 0. The maximum absolute atomic E-state index is 13.1. The molecule has 3 aromatic rings. The molecule has 0 aliphatic carbocycles. The van der Waals surface area contributed by atoms with Crippen LogP contribution >= 0.6 is 0 Å². The molecule has 1 atom stereocenters. The summed E-state index contributed by atoms with van der Waals surface area (Å²) in [4.78, 5) is 7.39. The van der Waals surface area contributed by atoms with Gasteiger partial charge in [-0.3, -0.25) is 4.90 Å². The van der Waals surface area contributed by atoms with Crippen molar-refractivity contribution in [3.8, 4) is 0 Å². The molecule has 1 aliphatic rings. The highest BCUT2D eigenvalue weighted by atomic mass is 19.1. The third-order valence-electron chi connectivity index (χ3n) is 5.59. The fourth-order valence-corrected chi connectivity index (χ4v) is 4.27. The molecule has 0 radical (unpaired) electrons. The Kier molecular flexibility index (Phi) is 4.77. The van der Waals surface area contributed by atoms with Gasteiger partial charge in [-0.2, -0.15) is 0 Å². The summed E-state index contributed by atoms with van der Waals surface area (Å²) < 4.78 is 15.4. The van der Waals surface area contributed by atoms with Gasteiger partial charge < -0.3 is 4.57 Å². The van der Waals surface area contributed by atoms with Crippen molar-refractivity contribution in [1.29, 1.82) is 0 Å². The highest BCUT2D eigenvalue weighted by molar-refractivity contribution is 5.79. The smallest absolute Gasteiger partial charge is 0.123 e. The van der Waals surface area contributed by atoms with Crippen LogP contribution in [0, 0.1) is 18.7 Å².